The molecule has 2 aromatic rings. The minimum Gasteiger partial charge on any atom is -0.289 e. The van der Waals surface area contributed by atoms with E-state index in [1.807, 2.05) is 0 Å². The van der Waals surface area contributed by atoms with E-state index in [9.17, 15) is 26.0 Å². The highest BCUT2D eigenvalue weighted by atomic mass is 32.2. The average molecular weight is 464 g/mol. The predicted octanol–water partition coefficient (Wildman–Crippen LogP) is 0.694. The number of piperazine rings is 1. The topological polar surface area (TPSA) is 124 Å². The Hall–Kier alpha value is -1.90. The number of hydrogen-bond donors (Lipinski definition) is 2. The maximum atomic E-state index is 13.3. The first kappa shape index (κ1) is 21.8. The molecule has 1 fully saturated rings. The average Bonchev–Trinajstić information content (AvgIpc) is 3.17. The number of carbonyl (C=O) groups excluding carboxylic acids is 1. The van der Waals surface area contributed by atoms with Crippen LogP contribution in [0.1, 0.15) is 0 Å². The molecule has 2 N–H and O–H groups in total. The van der Waals surface area contributed by atoms with Gasteiger partial charge in [-0.05, 0) is 29.1 Å². The quantitative estimate of drug-likeness (QED) is 0.497. The van der Waals surface area contributed by atoms with E-state index in [1.165, 1.54) is 29.7 Å². The Bertz CT molecular complexity index is 1120. The third-order valence-corrected chi connectivity index (χ3v) is 9.14. The summed E-state index contributed by atoms with van der Waals surface area (Å²) in [4.78, 5) is 12.1. The van der Waals surface area contributed by atoms with E-state index in [1.54, 1.807) is 11.4 Å². The van der Waals surface area contributed by atoms with Gasteiger partial charge in [-0.25, -0.2) is 26.7 Å². The van der Waals surface area contributed by atoms with Gasteiger partial charge in [0.05, 0.1) is 6.26 Å². The number of nitrogens with zero attached hydrogens (tertiary/aromatic N) is 2. The number of hydrogen-bond acceptors (Lipinski definition) is 7. The highest BCUT2D eigenvalue weighted by Crippen LogP contribution is 2.35. The van der Waals surface area contributed by atoms with Crippen LogP contribution in [0.15, 0.2) is 39.9 Å². The zero-order valence-corrected chi connectivity index (χ0v) is 17.6. The molecule has 1 aliphatic rings. The zero-order chi connectivity index (χ0) is 21.4. The fourth-order valence-electron chi connectivity index (χ4n) is 3.06. The van der Waals surface area contributed by atoms with Crippen LogP contribution in [0, 0.1) is 5.82 Å². The third kappa shape index (κ3) is 4.34. The summed E-state index contributed by atoms with van der Waals surface area (Å²) >= 11 is 0.927. The molecule has 1 aromatic heterocycles. The van der Waals surface area contributed by atoms with E-state index in [2.05, 4.69) is 0 Å². The van der Waals surface area contributed by atoms with Crippen molar-refractivity contribution in [3.05, 3.63) is 41.5 Å². The van der Waals surface area contributed by atoms with Gasteiger partial charge in [0, 0.05) is 25.2 Å². The Morgan fingerprint density at radius 2 is 1.83 bits per heavy atom. The summed E-state index contributed by atoms with van der Waals surface area (Å²) < 4.78 is 65.3. The predicted molar refractivity (Wildman–Crippen MR) is 104 cm³/mol. The van der Waals surface area contributed by atoms with Crippen molar-refractivity contribution >= 4 is 37.3 Å². The van der Waals surface area contributed by atoms with Crippen molar-refractivity contribution in [3.8, 4) is 11.1 Å². The lowest BCUT2D eigenvalue weighted by molar-refractivity contribution is -0.134. The van der Waals surface area contributed by atoms with Gasteiger partial charge in [-0.3, -0.25) is 10.0 Å². The zero-order valence-electron chi connectivity index (χ0n) is 15.1. The van der Waals surface area contributed by atoms with Gasteiger partial charge in [0.1, 0.15) is 16.1 Å². The highest BCUT2D eigenvalue weighted by molar-refractivity contribution is 7.91. The number of rotatable bonds is 5. The molecule has 158 valence electrons. The van der Waals surface area contributed by atoms with Crippen LogP contribution in [-0.4, -0.2) is 68.5 Å². The van der Waals surface area contributed by atoms with Crippen LogP contribution in [-0.2, 0) is 24.8 Å². The lowest BCUT2D eigenvalue weighted by Crippen LogP contribution is -2.60. The van der Waals surface area contributed by atoms with Crippen LogP contribution in [0.2, 0.25) is 0 Å². The maximum absolute atomic E-state index is 13.3. The second-order valence-corrected chi connectivity index (χ2v) is 11.3. The molecule has 1 aliphatic heterocycles. The number of benzene rings is 1. The number of halogens is 1. The first-order valence-corrected chi connectivity index (χ1v) is 12.5. The van der Waals surface area contributed by atoms with Gasteiger partial charge in [0.15, 0.2) is 0 Å². The van der Waals surface area contributed by atoms with Gasteiger partial charge in [-0.1, -0.05) is 12.1 Å². The molecule has 9 nitrogen and oxygen atoms in total. The number of thiophene rings is 1. The van der Waals surface area contributed by atoms with Crippen LogP contribution in [0.3, 0.4) is 0 Å². The molecule has 29 heavy (non-hydrogen) atoms. The SMILES string of the molecule is CS(=O)(=O)N1CCN(S(=O)(=O)c2sccc2-c2ccc(F)cc2)[C@@H](C(=O)NO)C1. The lowest BCUT2D eigenvalue weighted by Gasteiger charge is -2.37. The Balaban J connectivity index is 2.02. The molecular weight excluding hydrogens is 445 g/mol. The number of nitrogens with one attached hydrogen (secondary N) is 1. The van der Waals surface area contributed by atoms with Crippen molar-refractivity contribution in [3.63, 3.8) is 0 Å². The highest BCUT2D eigenvalue weighted by Gasteiger charge is 2.43. The Kier molecular flexibility index (Phi) is 6.08. The van der Waals surface area contributed by atoms with E-state index in [-0.39, 0.29) is 17.3 Å². The maximum Gasteiger partial charge on any atom is 0.263 e. The number of carbonyl (C=O) groups is 1. The summed E-state index contributed by atoms with van der Waals surface area (Å²) in [6, 6.07) is 5.41. The van der Waals surface area contributed by atoms with E-state index in [0.717, 1.165) is 26.2 Å². The summed E-state index contributed by atoms with van der Waals surface area (Å²) in [5, 5.41) is 10.6. The Morgan fingerprint density at radius 1 is 1.17 bits per heavy atom. The van der Waals surface area contributed by atoms with Crippen molar-refractivity contribution < 1.29 is 31.2 Å². The molecule has 1 atom stereocenters. The van der Waals surface area contributed by atoms with Gasteiger partial charge in [-0.15, -0.1) is 11.3 Å². The number of amides is 1. The molecule has 1 aromatic carbocycles. The van der Waals surface area contributed by atoms with E-state index < -0.39 is 44.4 Å². The molecule has 0 radical (unpaired) electrons. The van der Waals surface area contributed by atoms with Gasteiger partial charge in [0.25, 0.3) is 15.9 Å². The first-order valence-electron chi connectivity index (χ1n) is 8.30. The van der Waals surface area contributed by atoms with Gasteiger partial charge >= 0.3 is 0 Å². The standard InChI is InChI=1S/C16H18FN3O6S3/c1-28(23,24)19-7-8-20(14(10-19)15(21)18-22)29(25,26)16-13(6-9-27-16)11-2-4-12(17)5-3-11/h2-6,9,14,22H,7-8,10H2,1H3,(H,18,21)/t14-/m1/s1. The van der Waals surface area contributed by atoms with E-state index in [4.69, 9.17) is 5.21 Å². The summed E-state index contributed by atoms with van der Waals surface area (Å²) in [6.07, 6.45) is 0.955. The molecule has 0 unspecified atom stereocenters. The minimum absolute atomic E-state index is 0.0624. The monoisotopic (exact) mass is 463 g/mol. The van der Waals surface area contributed by atoms with Gasteiger partial charge in [0.2, 0.25) is 10.0 Å². The molecule has 0 aliphatic carbocycles. The summed E-state index contributed by atoms with van der Waals surface area (Å²) in [5.41, 5.74) is 2.21. The Labute approximate surface area is 171 Å². The number of sulfonamides is 2. The van der Waals surface area contributed by atoms with Crippen molar-refractivity contribution in [2.45, 2.75) is 10.3 Å². The van der Waals surface area contributed by atoms with Gasteiger partial charge < -0.3 is 0 Å². The second-order valence-electron chi connectivity index (χ2n) is 6.36. The summed E-state index contributed by atoms with van der Waals surface area (Å²) in [7, 11) is -7.88. The fraction of sp³-hybridized carbons (Fsp3) is 0.312. The summed E-state index contributed by atoms with van der Waals surface area (Å²) in [6.45, 7) is -0.833. The van der Waals surface area contributed by atoms with Crippen LogP contribution < -0.4 is 5.48 Å². The van der Waals surface area contributed by atoms with E-state index >= 15 is 0 Å². The summed E-state index contributed by atoms with van der Waals surface area (Å²) in [5.74, 6) is -1.51. The molecule has 0 bridgehead atoms. The molecule has 0 spiro atoms. The van der Waals surface area contributed by atoms with Crippen molar-refractivity contribution in [1.82, 2.24) is 14.1 Å². The van der Waals surface area contributed by atoms with Crippen LogP contribution in [0.4, 0.5) is 4.39 Å². The molecule has 13 heteroatoms. The van der Waals surface area contributed by atoms with Crippen LogP contribution >= 0.6 is 11.3 Å². The third-order valence-electron chi connectivity index (χ3n) is 4.50. The largest absolute Gasteiger partial charge is 0.289 e. The molecule has 1 saturated heterocycles. The van der Waals surface area contributed by atoms with Crippen molar-refractivity contribution in [2.24, 2.45) is 0 Å². The molecule has 0 saturated carbocycles. The Morgan fingerprint density at radius 3 is 2.41 bits per heavy atom. The van der Waals surface area contributed by atoms with Gasteiger partial charge in [-0.2, -0.15) is 8.61 Å². The molecular formula is C16H18FN3O6S3. The second kappa shape index (κ2) is 8.08. The normalized spacial score (nSPS) is 19.2. The number of hydroxylamine groups is 1. The van der Waals surface area contributed by atoms with Crippen LogP contribution in [0.5, 0.6) is 0 Å². The lowest BCUT2D eigenvalue weighted by atomic mass is 10.1. The van der Waals surface area contributed by atoms with Crippen molar-refractivity contribution in [1.29, 1.82) is 0 Å². The molecule has 2 heterocycles. The first-order chi connectivity index (χ1) is 13.6. The van der Waals surface area contributed by atoms with Crippen molar-refractivity contribution in [2.75, 3.05) is 25.9 Å². The molecule has 1 amide bonds. The molecule has 3 rings (SSSR count). The van der Waals surface area contributed by atoms with E-state index in [0.29, 0.717) is 11.1 Å². The fourth-order valence-corrected chi connectivity index (χ4v) is 6.97. The van der Waals surface area contributed by atoms with Crippen LogP contribution in [0.25, 0.3) is 11.1 Å². The smallest absolute Gasteiger partial charge is 0.263 e. The minimum atomic E-state index is -4.22.